The van der Waals surface area contributed by atoms with Crippen molar-refractivity contribution < 1.29 is 14.3 Å². The van der Waals surface area contributed by atoms with E-state index in [0.29, 0.717) is 5.82 Å². The van der Waals surface area contributed by atoms with Gasteiger partial charge in [0.05, 0.1) is 11.7 Å². The molecule has 1 unspecified atom stereocenters. The van der Waals surface area contributed by atoms with Crippen molar-refractivity contribution in [2.24, 2.45) is 0 Å². The highest BCUT2D eigenvalue weighted by atomic mass is 19.1. The lowest BCUT2D eigenvalue weighted by atomic mass is 10.1. The zero-order chi connectivity index (χ0) is 17.1. The number of benzene rings is 2. The Hall–Kier alpha value is -3.29. The molecule has 0 bridgehead atoms. The largest absolute Gasteiger partial charge is 0.507 e. The number of carbonyl (C=O) groups is 1. The number of aromatic nitrogens is 4. The van der Waals surface area contributed by atoms with Crippen molar-refractivity contribution in [2.75, 3.05) is 0 Å². The third-order valence-electron chi connectivity index (χ3n) is 3.45. The molecule has 0 radical (unpaired) electrons. The van der Waals surface area contributed by atoms with Crippen molar-refractivity contribution in [1.29, 1.82) is 0 Å². The van der Waals surface area contributed by atoms with Crippen molar-refractivity contribution in [1.82, 2.24) is 25.5 Å². The van der Waals surface area contributed by atoms with E-state index < -0.39 is 29.1 Å². The summed E-state index contributed by atoms with van der Waals surface area (Å²) in [6.45, 7) is 1.67. The topological polar surface area (TPSA) is 92.9 Å². The molecule has 1 heterocycles. The number of hydrogen-bond acceptors (Lipinski definition) is 5. The molecule has 122 valence electrons. The number of phenols is 1. The standard InChI is InChI=1S/C16H14FN5O2/c1-10(18-16(24)14-12(17)8-5-9-13(14)23)15-19-20-21-22(15)11-6-3-2-4-7-11/h2-10,23H,1H3,(H,18,24). The molecular formula is C16H14FN5O2. The van der Waals surface area contributed by atoms with E-state index in [9.17, 15) is 14.3 Å². The minimum absolute atomic E-state index is 0.380. The van der Waals surface area contributed by atoms with Crippen molar-refractivity contribution in [3.05, 3.63) is 65.7 Å². The summed E-state index contributed by atoms with van der Waals surface area (Å²) < 4.78 is 15.2. The summed E-state index contributed by atoms with van der Waals surface area (Å²) >= 11 is 0. The smallest absolute Gasteiger partial charge is 0.258 e. The first-order chi connectivity index (χ1) is 11.6. The van der Waals surface area contributed by atoms with Crippen LogP contribution in [0.4, 0.5) is 4.39 Å². The molecular weight excluding hydrogens is 313 g/mol. The van der Waals surface area contributed by atoms with Gasteiger partial charge in [-0.05, 0) is 41.6 Å². The van der Waals surface area contributed by atoms with Gasteiger partial charge in [0.25, 0.3) is 5.91 Å². The Morgan fingerprint density at radius 2 is 1.96 bits per heavy atom. The van der Waals surface area contributed by atoms with Gasteiger partial charge in [-0.3, -0.25) is 4.79 Å². The summed E-state index contributed by atoms with van der Waals surface area (Å²) in [6.07, 6.45) is 0. The van der Waals surface area contributed by atoms with Gasteiger partial charge in [-0.2, -0.15) is 4.68 Å². The van der Waals surface area contributed by atoms with Crippen LogP contribution in [0, 0.1) is 5.82 Å². The van der Waals surface area contributed by atoms with E-state index >= 15 is 0 Å². The normalized spacial score (nSPS) is 11.9. The van der Waals surface area contributed by atoms with Crippen molar-refractivity contribution in [2.45, 2.75) is 13.0 Å². The summed E-state index contributed by atoms with van der Waals surface area (Å²) in [4.78, 5) is 12.3. The van der Waals surface area contributed by atoms with Crippen LogP contribution in [0.5, 0.6) is 5.75 Å². The second kappa shape index (κ2) is 6.45. The second-order valence-corrected chi connectivity index (χ2v) is 5.11. The predicted octanol–water partition coefficient (Wildman–Crippen LogP) is 2.00. The quantitative estimate of drug-likeness (QED) is 0.764. The first kappa shape index (κ1) is 15.6. The van der Waals surface area contributed by atoms with Gasteiger partial charge in [0.2, 0.25) is 0 Å². The fourth-order valence-corrected chi connectivity index (χ4v) is 2.29. The lowest BCUT2D eigenvalue weighted by Crippen LogP contribution is -2.29. The fraction of sp³-hybridized carbons (Fsp3) is 0.125. The molecule has 0 saturated heterocycles. The molecule has 1 amide bonds. The zero-order valence-electron chi connectivity index (χ0n) is 12.7. The van der Waals surface area contributed by atoms with Gasteiger partial charge in [-0.25, -0.2) is 4.39 Å². The predicted molar refractivity (Wildman–Crippen MR) is 83.1 cm³/mol. The highest BCUT2D eigenvalue weighted by molar-refractivity contribution is 5.97. The summed E-state index contributed by atoms with van der Waals surface area (Å²) in [5.74, 6) is -1.60. The average Bonchev–Trinajstić information content (AvgIpc) is 3.05. The highest BCUT2D eigenvalue weighted by Crippen LogP contribution is 2.21. The van der Waals surface area contributed by atoms with Gasteiger partial charge in [-0.1, -0.05) is 24.3 Å². The fourth-order valence-electron chi connectivity index (χ4n) is 2.29. The van der Waals surface area contributed by atoms with Crippen LogP contribution in [-0.4, -0.2) is 31.2 Å². The van der Waals surface area contributed by atoms with Crippen LogP contribution in [-0.2, 0) is 0 Å². The van der Waals surface area contributed by atoms with Gasteiger partial charge in [0.1, 0.15) is 17.1 Å². The van der Waals surface area contributed by atoms with Gasteiger partial charge in [-0.15, -0.1) is 5.10 Å². The molecule has 3 rings (SSSR count). The van der Waals surface area contributed by atoms with Crippen molar-refractivity contribution >= 4 is 5.91 Å². The number of rotatable bonds is 4. The maximum absolute atomic E-state index is 13.8. The van der Waals surface area contributed by atoms with Crippen LogP contribution >= 0.6 is 0 Å². The van der Waals surface area contributed by atoms with Crippen LogP contribution in [0.2, 0.25) is 0 Å². The summed E-state index contributed by atoms with van der Waals surface area (Å²) in [5, 5.41) is 23.7. The average molecular weight is 327 g/mol. The number of hydrogen-bond donors (Lipinski definition) is 2. The third-order valence-corrected chi connectivity index (χ3v) is 3.45. The molecule has 0 spiro atoms. The van der Waals surface area contributed by atoms with Crippen LogP contribution in [0.3, 0.4) is 0 Å². The Bertz CT molecular complexity index is 846. The third kappa shape index (κ3) is 2.94. The summed E-state index contributed by atoms with van der Waals surface area (Å²) in [5.41, 5.74) is 0.315. The first-order valence-electron chi connectivity index (χ1n) is 7.20. The lowest BCUT2D eigenvalue weighted by molar-refractivity contribution is 0.0931. The van der Waals surface area contributed by atoms with Gasteiger partial charge >= 0.3 is 0 Å². The molecule has 0 fully saturated rings. The number of aromatic hydroxyl groups is 1. The minimum Gasteiger partial charge on any atom is -0.507 e. The SMILES string of the molecule is CC(NC(=O)c1c(O)cccc1F)c1nnnn1-c1ccccc1. The second-order valence-electron chi connectivity index (χ2n) is 5.11. The number of nitrogens with zero attached hydrogens (tertiary/aromatic N) is 4. The van der Waals surface area contributed by atoms with Crippen molar-refractivity contribution in [3.63, 3.8) is 0 Å². The van der Waals surface area contributed by atoms with Gasteiger partial charge in [0.15, 0.2) is 5.82 Å². The highest BCUT2D eigenvalue weighted by Gasteiger charge is 2.22. The molecule has 8 heteroatoms. The molecule has 0 saturated carbocycles. The van der Waals surface area contributed by atoms with Crippen LogP contribution < -0.4 is 5.32 Å². The Morgan fingerprint density at radius 1 is 1.21 bits per heavy atom. The number of carbonyl (C=O) groups excluding carboxylic acids is 1. The van der Waals surface area contributed by atoms with Gasteiger partial charge < -0.3 is 10.4 Å². The zero-order valence-corrected chi connectivity index (χ0v) is 12.7. The van der Waals surface area contributed by atoms with E-state index in [-0.39, 0.29) is 0 Å². The number of tetrazole rings is 1. The minimum atomic E-state index is -0.803. The molecule has 2 N–H and O–H groups in total. The number of halogens is 1. The maximum atomic E-state index is 13.8. The van der Waals surface area contributed by atoms with E-state index in [4.69, 9.17) is 0 Å². The van der Waals surface area contributed by atoms with Crippen LogP contribution in [0.1, 0.15) is 29.1 Å². The Balaban J connectivity index is 1.85. The van der Waals surface area contributed by atoms with Crippen LogP contribution in [0.25, 0.3) is 5.69 Å². The molecule has 0 aliphatic carbocycles. The maximum Gasteiger partial charge on any atom is 0.258 e. The summed E-state index contributed by atoms with van der Waals surface area (Å²) in [7, 11) is 0. The first-order valence-corrected chi connectivity index (χ1v) is 7.20. The van der Waals surface area contributed by atoms with Crippen LogP contribution in [0.15, 0.2) is 48.5 Å². The summed E-state index contributed by atoms with van der Waals surface area (Å²) in [6, 6.07) is 12.2. The molecule has 3 aromatic rings. The van der Waals surface area contributed by atoms with E-state index in [0.717, 1.165) is 11.8 Å². The molecule has 1 aromatic heterocycles. The molecule has 1 atom stereocenters. The van der Waals surface area contributed by atoms with E-state index in [1.807, 2.05) is 30.3 Å². The molecule has 0 aliphatic rings. The molecule has 7 nitrogen and oxygen atoms in total. The molecule has 24 heavy (non-hydrogen) atoms. The van der Waals surface area contributed by atoms with Crippen molar-refractivity contribution in [3.8, 4) is 11.4 Å². The van der Waals surface area contributed by atoms with E-state index in [2.05, 4.69) is 20.8 Å². The number of nitrogens with one attached hydrogen (secondary N) is 1. The Morgan fingerprint density at radius 3 is 2.67 bits per heavy atom. The lowest BCUT2D eigenvalue weighted by Gasteiger charge is -2.14. The molecule has 2 aromatic carbocycles. The van der Waals surface area contributed by atoms with Gasteiger partial charge in [0, 0.05) is 0 Å². The monoisotopic (exact) mass is 327 g/mol. The van der Waals surface area contributed by atoms with E-state index in [1.54, 1.807) is 6.92 Å². The Kier molecular flexibility index (Phi) is 4.19. The number of amides is 1. The molecule has 0 aliphatic heterocycles. The van der Waals surface area contributed by atoms with E-state index in [1.165, 1.54) is 16.8 Å². The Labute approximate surface area is 136 Å². The number of phenolic OH excluding ortho intramolecular Hbond substituents is 1. The number of para-hydroxylation sites is 1.